The molecule has 178 valence electrons. The number of carbonyl (C=O) groups excluding carboxylic acids is 2. The fraction of sp³-hybridized carbons (Fsp3) is 0.409. The summed E-state index contributed by atoms with van der Waals surface area (Å²) in [7, 11) is -1.89. The van der Waals surface area contributed by atoms with Crippen LogP contribution >= 0.6 is 11.6 Å². The quantitative estimate of drug-likeness (QED) is 0.555. The Kier molecular flexibility index (Phi) is 8.41. The van der Waals surface area contributed by atoms with Gasteiger partial charge in [-0.05, 0) is 57.1 Å². The van der Waals surface area contributed by atoms with Gasteiger partial charge in [-0.15, -0.1) is 0 Å². The van der Waals surface area contributed by atoms with Crippen LogP contribution in [0.15, 0.2) is 41.3 Å². The van der Waals surface area contributed by atoms with E-state index in [4.69, 9.17) is 11.6 Å². The van der Waals surface area contributed by atoms with Crippen LogP contribution in [-0.2, 0) is 19.6 Å². The molecule has 3 rings (SSSR count). The first-order valence-corrected chi connectivity index (χ1v) is 12.5. The van der Waals surface area contributed by atoms with Crippen LogP contribution in [0.1, 0.15) is 25.0 Å². The maximum absolute atomic E-state index is 12.8. The molecule has 1 fully saturated rings. The molecular formula is C22H28ClN5O4S. The highest BCUT2D eigenvalue weighted by Gasteiger charge is 2.27. The van der Waals surface area contributed by atoms with E-state index in [-0.39, 0.29) is 40.4 Å². The predicted molar refractivity (Wildman–Crippen MR) is 128 cm³/mol. The van der Waals surface area contributed by atoms with E-state index in [1.807, 2.05) is 19.1 Å². The van der Waals surface area contributed by atoms with Crippen LogP contribution in [0.2, 0.25) is 5.02 Å². The van der Waals surface area contributed by atoms with Crippen molar-refractivity contribution < 1.29 is 18.0 Å². The van der Waals surface area contributed by atoms with Crippen molar-refractivity contribution in [1.29, 1.82) is 0 Å². The number of pyridine rings is 1. The first kappa shape index (κ1) is 25.1. The lowest BCUT2D eigenvalue weighted by atomic mass is 10.3. The molecule has 0 saturated carbocycles. The average Bonchev–Trinajstić information content (AvgIpc) is 3.29. The zero-order chi connectivity index (χ0) is 24.0. The van der Waals surface area contributed by atoms with E-state index in [9.17, 15) is 18.0 Å². The van der Waals surface area contributed by atoms with Crippen LogP contribution in [-0.4, -0.2) is 67.6 Å². The van der Waals surface area contributed by atoms with Gasteiger partial charge in [-0.25, -0.2) is 13.4 Å². The molecule has 1 aromatic heterocycles. The van der Waals surface area contributed by atoms with E-state index in [0.29, 0.717) is 25.5 Å². The second-order valence-electron chi connectivity index (χ2n) is 8.00. The Bertz CT molecular complexity index is 1120. The number of hydrogen-bond donors (Lipinski definition) is 2. The highest BCUT2D eigenvalue weighted by molar-refractivity contribution is 7.89. The topological polar surface area (TPSA) is 112 Å². The molecule has 2 N–H and O–H groups in total. The molecular weight excluding hydrogens is 466 g/mol. The summed E-state index contributed by atoms with van der Waals surface area (Å²) in [5.41, 5.74) is 1.04. The molecule has 0 radical (unpaired) electrons. The zero-order valence-electron chi connectivity index (χ0n) is 18.7. The minimum atomic E-state index is -3.62. The normalized spacial score (nSPS) is 14.4. The van der Waals surface area contributed by atoms with Gasteiger partial charge in [0.15, 0.2) is 0 Å². The zero-order valence-corrected chi connectivity index (χ0v) is 20.2. The summed E-state index contributed by atoms with van der Waals surface area (Å²) in [5.74, 6) is -0.0938. The molecule has 11 heteroatoms. The monoisotopic (exact) mass is 493 g/mol. The Morgan fingerprint density at radius 2 is 1.85 bits per heavy atom. The van der Waals surface area contributed by atoms with E-state index >= 15 is 0 Å². The first-order valence-electron chi connectivity index (χ1n) is 10.7. The SMILES string of the molecule is Cc1cccc(NC(=O)CN(C)CCC(=O)Nc2cc(S(=O)(=O)N3CCCC3)ccc2Cl)n1. The van der Waals surface area contributed by atoms with Crippen LogP contribution < -0.4 is 10.6 Å². The molecule has 1 aliphatic rings. The fourth-order valence-electron chi connectivity index (χ4n) is 3.46. The molecule has 2 heterocycles. The number of sulfonamides is 1. The van der Waals surface area contributed by atoms with Gasteiger partial charge in [0, 0.05) is 31.7 Å². The second kappa shape index (κ2) is 11.1. The van der Waals surface area contributed by atoms with Crippen LogP contribution in [0.3, 0.4) is 0 Å². The summed E-state index contributed by atoms with van der Waals surface area (Å²) in [6.45, 7) is 3.24. The number of aromatic nitrogens is 1. The summed E-state index contributed by atoms with van der Waals surface area (Å²) in [4.78, 5) is 30.7. The van der Waals surface area contributed by atoms with Gasteiger partial charge in [-0.3, -0.25) is 14.5 Å². The van der Waals surface area contributed by atoms with Crippen LogP contribution in [0.5, 0.6) is 0 Å². The van der Waals surface area contributed by atoms with Gasteiger partial charge in [-0.2, -0.15) is 4.31 Å². The minimum Gasteiger partial charge on any atom is -0.325 e. The third-order valence-corrected chi connectivity index (χ3v) is 7.43. The fourth-order valence-corrected chi connectivity index (χ4v) is 5.17. The standard InChI is InChI=1S/C22H28ClN5O4S/c1-16-6-5-7-20(24-16)26-22(30)15-27(2)13-10-21(29)25-19-14-17(8-9-18(19)23)33(31,32)28-11-3-4-12-28/h5-9,14H,3-4,10-13,15H2,1-2H3,(H,25,29)(H,24,26,30). The highest BCUT2D eigenvalue weighted by Crippen LogP contribution is 2.28. The lowest BCUT2D eigenvalue weighted by Crippen LogP contribution is -2.32. The molecule has 9 nitrogen and oxygen atoms in total. The molecule has 2 aromatic rings. The van der Waals surface area contributed by atoms with Gasteiger partial charge in [0.25, 0.3) is 0 Å². The second-order valence-corrected chi connectivity index (χ2v) is 10.3. The number of aryl methyl sites for hydroxylation is 1. The van der Waals surface area contributed by atoms with Crippen molar-refractivity contribution in [2.24, 2.45) is 0 Å². The molecule has 1 aliphatic heterocycles. The van der Waals surface area contributed by atoms with Crippen LogP contribution in [0.4, 0.5) is 11.5 Å². The number of carbonyl (C=O) groups is 2. The molecule has 0 atom stereocenters. The van der Waals surface area contributed by atoms with Gasteiger partial charge in [0.05, 0.1) is 22.2 Å². The molecule has 2 amide bonds. The van der Waals surface area contributed by atoms with E-state index in [1.165, 1.54) is 22.5 Å². The van der Waals surface area contributed by atoms with Crippen LogP contribution in [0, 0.1) is 6.92 Å². The van der Waals surface area contributed by atoms with Gasteiger partial charge in [0.1, 0.15) is 5.82 Å². The van der Waals surface area contributed by atoms with E-state index < -0.39 is 10.0 Å². The highest BCUT2D eigenvalue weighted by atomic mass is 35.5. The number of likely N-dealkylation sites (N-methyl/N-ethyl adjacent to an activating group) is 1. The van der Waals surface area contributed by atoms with Crippen molar-refractivity contribution >= 4 is 44.9 Å². The first-order chi connectivity index (χ1) is 15.6. The predicted octanol–water partition coefficient (Wildman–Crippen LogP) is 2.73. The Morgan fingerprint density at radius 3 is 2.55 bits per heavy atom. The lowest BCUT2D eigenvalue weighted by Gasteiger charge is -2.18. The van der Waals surface area contributed by atoms with Crippen molar-refractivity contribution in [1.82, 2.24) is 14.2 Å². The number of amides is 2. The summed E-state index contributed by atoms with van der Waals surface area (Å²) in [6, 6.07) is 9.66. The Labute approximate surface area is 199 Å². The smallest absolute Gasteiger partial charge is 0.243 e. The summed E-state index contributed by atoms with van der Waals surface area (Å²) in [6.07, 6.45) is 1.78. The van der Waals surface area contributed by atoms with Gasteiger partial charge >= 0.3 is 0 Å². The van der Waals surface area contributed by atoms with Crippen LogP contribution in [0.25, 0.3) is 0 Å². The Morgan fingerprint density at radius 1 is 1.12 bits per heavy atom. The average molecular weight is 494 g/mol. The van der Waals surface area contributed by atoms with Crippen molar-refractivity contribution in [3.8, 4) is 0 Å². The van der Waals surface area contributed by atoms with Crippen molar-refractivity contribution in [3.05, 3.63) is 47.1 Å². The van der Waals surface area contributed by atoms with Crippen molar-refractivity contribution in [3.63, 3.8) is 0 Å². The van der Waals surface area contributed by atoms with Gasteiger partial charge in [-0.1, -0.05) is 17.7 Å². The summed E-state index contributed by atoms with van der Waals surface area (Å²) in [5, 5.41) is 5.65. The van der Waals surface area contributed by atoms with E-state index in [0.717, 1.165) is 18.5 Å². The number of hydrogen-bond acceptors (Lipinski definition) is 6. The van der Waals surface area contributed by atoms with Crippen molar-refractivity contribution in [2.45, 2.75) is 31.1 Å². The molecule has 0 bridgehead atoms. The lowest BCUT2D eigenvalue weighted by molar-refractivity contribution is -0.119. The van der Waals surface area contributed by atoms with Gasteiger partial charge in [0.2, 0.25) is 21.8 Å². The maximum Gasteiger partial charge on any atom is 0.243 e. The number of nitrogens with zero attached hydrogens (tertiary/aromatic N) is 3. The van der Waals surface area contributed by atoms with Crippen molar-refractivity contribution in [2.75, 3.05) is 43.9 Å². The number of benzene rings is 1. The summed E-state index contributed by atoms with van der Waals surface area (Å²) < 4.78 is 27.0. The molecule has 1 aromatic carbocycles. The maximum atomic E-state index is 12.8. The minimum absolute atomic E-state index is 0.0905. The largest absolute Gasteiger partial charge is 0.325 e. The third-order valence-electron chi connectivity index (χ3n) is 5.20. The number of anilines is 2. The number of nitrogens with one attached hydrogen (secondary N) is 2. The molecule has 33 heavy (non-hydrogen) atoms. The number of halogens is 1. The molecule has 0 aliphatic carbocycles. The van der Waals surface area contributed by atoms with E-state index in [2.05, 4.69) is 15.6 Å². The number of rotatable bonds is 9. The third kappa shape index (κ3) is 6.97. The Hall–Kier alpha value is -2.53. The summed E-state index contributed by atoms with van der Waals surface area (Å²) >= 11 is 6.18. The van der Waals surface area contributed by atoms with Gasteiger partial charge < -0.3 is 10.6 Å². The molecule has 1 saturated heterocycles. The Balaban J connectivity index is 1.52. The molecule has 0 unspecified atom stereocenters. The molecule has 0 spiro atoms. The van der Waals surface area contributed by atoms with E-state index in [1.54, 1.807) is 18.0 Å².